The van der Waals surface area contributed by atoms with E-state index in [0.29, 0.717) is 18.2 Å². The monoisotopic (exact) mass is 304 g/mol. The Hall–Kier alpha value is -3.08. The van der Waals surface area contributed by atoms with Crippen molar-refractivity contribution in [1.82, 2.24) is 14.8 Å². The molecule has 2 aromatic carbocycles. The molecule has 2 aromatic heterocycles. The maximum atomic E-state index is 5.86. The Morgan fingerprint density at radius 3 is 2.65 bits per heavy atom. The van der Waals surface area contributed by atoms with Crippen molar-refractivity contribution in [1.29, 1.82) is 0 Å². The zero-order chi connectivity index (χ0) is 15.8. The van der Waals surface area contributed by atoms with Gasteiger partial charge in [-0.05, 0) is 23.8 Å². The van der Waals surface area contributed by atoms with Crippen LogP contribution in [0.3, 0.4) is 0 Å². The maximum Gasteiger partial charge on any atom is 0.249 e. The van der Waals surface area contributed by atoms with Gasteiger partial charge in [0.2, 0.25) is 11.8 Å². The molecule has 0 aliphatic carbocycles. The van der Waals surface area contributed by atoms with Crippen molar-refractivity contribution < 1.29 is 4.42 Å². The molecule has 4 rings (SSSR count). The van der Waals surface area contributed by atoms with Crippen LogP contribution in [0.4, 0.5) is 5.69 Å². The second-order valence-electron chi connectivity index (χ2n) is 5.59. The molecule has 2 N–H and O–H groups in total. The van der Waals surface area contributed by atoms with Gasteiger partial charge in [-0.3, -0.25) is 0 Å². The van der Waals surface area contributed by atoms with Crippen molar-refractivity contribution >= 4 is 16.6 Å². The summed E-state index contributed by atoms with van der Waals surface area (Å²) in [5, 5.41) is 9.49. The lowest BCUT2D eigenvalue weighted by molar-refractivity contribution is 0.518. The quantitative estimate of drug-likeness (QED) is 0.589. The van der Waals surface area contributed by atoms with Gasteiger partial charge < -0.3 is 14.7 Å². The Labute approximate surface area is 133 Å². The molecule has 4 aromatic rings. The van der Waals surface area contributed by atoms with Gasteiger partial charge in [0.05, 0.1) is 12.0 Å². The van der Waals surface area contributed by atoms with Gasteiger partial charge in [-0.2, -0.15) is 0 Å². The van der Waals surface area contributed by atoms with Crippen LogP contribution in [0.25, 0.3) is 22.4 Å². The smallest absolute Gasteiger partial charge is 0.249 e. The zero-order valence-corrected chi connectivity index (χ0v) is 12.7. The summed E-state index contributed by atoms with van der Waals surface area (Å²) in [5.41, 5.74) is 9.63. The fourth-order valence-corrected chi connectivity index (χ4v) is 2.76. The number of benzene rings is 2. The minimum absolute atomic E-state index is 0.548. The molecule has 0 radical (unpaired) electrons. The van der Waals surface area contributed by atoms with Crippen molar-refractivity contribution in [3.63, 3.8) is 0 Å². The molecule has 0 aliphatic heterocycles. The summed E-state index contributed by atoms with van der Waals surface area (Å²) in [6.07, 6.45) is 2.61. The average molecular weight is 304 g/mol. The van der Waals surface area contributed by atoms with Gasteiger partial charge >= 0.3 is 0 Å². The van der Waals surface area contributed by atoms with E-state index in [9.17, 15) is 0 Å². The van der Waals surface area contributed by atoms with E-state index in [0.717, 1.165) is 27.7 Å². The number of fused-ring (bicyclic) bond motifs is 1. The molecule has 0 saturated carbocycles. The van der Waals surface area contributed by atoms with Gasteiger partial charge in [0.15, 0.2) is 0 Å². The molecular weight excluding hydrogens is 288 g/mol. The van der Waals surface area contributed by atoms with Crippen molar-refractivity contribution in [3.05, 3.63) is 66.2 Å². The van der Waals surface area contributed by atoms with Crippen LogP contribution in [0.2, 0.25) is 0 Å². The number of anilines is 1. The first-order valence-corrected chi connectivity index (χ1v) is 7.42. The highest BCUT2D eigenvalue weighted by Gasteiger charge is 2.14. The molecule has 2 heterocycles. The lowest BCUT2D eigenvalue weighted by Gasteiger charge is -1.97. The van der Waals surface area contributed by atoms with E-state index in [1.165, 1.54) is 0 Å². The zero-order valence-electron chi connectivity index (χ0n) is 12.7. The van der Waals surface area contributed by atoms with E-state index in [-0.39, 0.29) is 0 Å². The van der Waals surface area contributed by atoms with Crippen LogP contribution in [0.1, 0.15) is 11.5 Å². The molecule has 114 valence electrons. The number of nitrogen functional groups attached to an aromatic ring is 1. The van der Waals surface area contributed by atoms with Crippen LogP contribution in [0, 0.1) is 0 Å². The Balaban J connectivity index is 1.68. The molecule has 0 saturated heterocycles. The maximum absolute atomic E-state index is 5.86. The summed E-state index contributed by atoms with van der Waals surface area (Å²) in [6, 6.07) is 15.9. The summed E-state index contributed by atoms with van der Waals surface area (Å²) in [6.45, 7) is 0. The van der Waals surface area contributed by atoms with Crippen molar-refractivity contribution in [2.24, 2.45) is 7.05 Å². The number of rotatable bonds is 3. The van der Waals surface area contributed by atoms with Crippen LogP contribution in [-0.4, -0.2) is 14.8 Å². The highest BCUT2D eigenvalue weighted by atomic mass is 16.4. The summed E-state index contributed by atoms with van der Waals surface area (Å²) < 4.78 is 7.92. The Kier molecular flexibility index (Phi) is 3.12. The summed E-state index contributed by atoms with van der Waals surface area (Å²) in [5.74, 6) is 1.14. The molecular formula is C18H16N4O. The number of hydrogen-bond acceptors (Lipinski definition) is 4. The van der Waals surface area contributed by atoms with Crippen molar-refractivity contribution in [3.8, 4) is 11.5 Å². The first-order chi connectivity index (χ1) is 11.2. The fraction of sp³-hybridized carbons (Fsp3) is 0.111. The first-order valence-electron chi connectivity index (χ1n) is 7.42. The molecule has 5 nitrogen and oxygen atoms in total. The second-order valence-corrected chi connectivity index (χ2v) is 5.59. The van der Waals surface area contributed by atoms with Crippen molar-refractivity contribution in [2.75, 3.05) is 5.73 Å². The van der Waals surface area contributed by atoms with Gasteiger partial charge in [0, 0.05) is 29.8 Å². The number of nitrogens with two attached hydrogens (primary N) is 1. The summed E-state index contributed by atoms with van der Waals surface area (Å²) >= 11 is 0. The standard InChI is InChI=1S/C18H16N4O/c1-22-11-15(14-4-2-3-5-16(14)22)18-21-20-17(23-18)10-12-6-8-13(19)9-7-12/h2-9,11H,10,19H2,1H3. The van der Waals surface area contributed by atoms with E-state index in [1.807, 2.05) is 49.6 Å². The van der Waals surface area contributed by atoms with Gasteiger partial charge in [-0.1, -0.05) is 30.3 Å². The van der Waals surface area contributed by atoms with Gasteiger partial charge in [0.25, 0.3) is 0 Å². The molecule has 5 heteroatoms. The van der Waals surface area contributed by atoms with Gasteiger partial charge in [-0.15, -0.1) is 10.2 Å². The number of hydrogen-bond donors (Lipinski definition) is 1. The largest absolute Gasteiger partial charge is 0.420 e. The molecule has 0 bridgehead atoms. The van der Waals surface area contributed by atoms with Crippen LogP contribution in [-0.2, 0) is 13.5 Å². The number of aryl methyl sites for hydroxylation is 1. The van der Waals surface area contributed by atoms with E-state index in [2.05, 4.69) is 26.9 Å². The molecule has 0 atom stereocenters. The second kappa shape index (κ2) is 5.28. The highest BCUT2D eigenvalue weighted by Crippen LogP contribution is 2.29. The predicted octanol–water partition coefficient (Wildman–Crippen LogP) is 3.40. The molecule has 0 spiro atoms. The van der Waals surface area contributed by atoms with E-state index in [1.54, 1.807) is 0 Å². The van der Waals surface area contributed by atoms with E-state index >= 15 is 0 Å². The van der Waals surface area contributed by atoms with E-state index in [4.69, 9.17) is 10.2 Å². The van der Waals surface area contributed by atoms with Crippen molar-refractivity contribution in [2.45, 2.75) is 6.42 Å². The third kappa shape index (κ3) is 2.46. The van der Waals surface area contributed by atoms with Crippen LogP contribution in [0.15, 0.2) is 59.1 Å². The Morgan fingerprint density at radius 2 is 1.83 bits per heavy atom. The van der Waals surface area contributed by atoms with Crippen LogP contribution in [0.5, 0.6) is 0 Å². The highest BCUT2D eigenvalue weighted by molar-refractivity contribution is 5.93. The summed E-state index contributed by atoms with van der Waals surface area (Å²) in [7, 11) is 2.01. The minimum atomic E-state index is 0.548. The molecule has 0 fully saturated rings. The number of nitrogens with zero attached hydrogens (tertiary/aromatic N) is 3. The van der Waals surface area contributed by atoms with Crippen LogP contribution >= 0.6 is 0 Å². The summed E-state index contributed by atoms with van der Waals surface area (Å²) in [4.78, 5) is 0. The molecule has 0 amide bonds. The predicted molar refractivity (Wildman–Crippen MR) is 89.9 cm³/mol. The molecule has 0 unspecified atom stereocenters. The number of aromatic nitrogens is 3. The third-order valence-corrected chi connectivity index (χ3v) is 3.93. The number of para-hydroxylation sites is 1. The Morgan fingerprint density at radius 1 is 1.04 bits per heavy atom. The first kappa shape index (κ1) is 13.6. The molecule has 0 aliphatic rings. The molecule has 23 heavy (non-hydrogen) atoms. The normalized spacial score (nSPS) is 11.2. The van der Waals surface area contributed by atoms with Gasteiger partial charge in [0.1, 0.15) is 0 Å². The SMILES string of the molecule is Cn1cc(-c2nnc(Cc3ccc(N)cc3)o2)c2ccccc21. The third-order valence-electron chi connectivity index (χ3n) is 3.93. The lowest BCUT2D eigenvalue weighted by atomic mass is 10.1. The lowest BCUT2D eigenvalue weighted by Crippen LogP contribution is -1.89. The van der Waals surface area contributed by atoms with Crippen LogP contribution < -0.4 is 5.73 Å². The van der Waals surface area contributed by atoms with Gasteiger partial charge in [-0.25, -0.2) is 0 Å². The topological polar surface area (TPSA) is 69.9 Å². The Bertz CT molecular complexity index is 966. The minimum Gasteiger partial charge on any atom is -0.420 e. The average Bonchev–Trinajstić information content (AvgIpc) is 3.15. The fourth-order valence-electron chi connectivity index (χ4n) is 2.76. The van der Waals surface area contributed by atoms with E-state index < -0.39 is 0 Å².